The van der Waals surface area contributed by atoms with Gasteiger partial charge in [-0.05, 0) is 61.4 Å². The Bertz CT molecular complexity index is 1240. The molecule has 0 radical (unpaired) electrons. The molecule has 1 atom stereocenters. The first-order valence-corrected chi connectivity index (χ1v) is 12.6. The normalized spacial score (nSPS) is 19.1. The smallest absolute Gasteiger partial charge is 0.252 e. The van der Waals surface area contributed by atoms with Gasteiger partial charge in [-0.3, -0.25) is 4.79 Å². The molecular formula is C20H23N3O3S3. The zero-order chi connectivity index (χ0) is 20.8. The van der Waals surface area contributed by atoms with Crippen molar-refractivity contribution in [2.45, 2.75) is 30.9 Å². The summed E-state index contributed by atoms with van der Waals surface area (Å²) in [7, 11) is -1.63. The molecule has 0 aliphatic carbocycles. The van der Waals surface area contributed by atoms with E-state index >= 15 is 0 Å². The number of fused-ring (bicyclic) bond motifs is 1. The molecule has 4 rings (SSSR count). The van der Waals surface area contributed by atoms with Gasteiger partial charge in [0.1, 0.15) is 4.21 Å². The second kappa shape index (κ2) is 7.79. The number of sulfonamides is 1. The van der Waals surface area contributed by atoms with Gasteiger partial charge in [-0.1, -0.05) is 17.4 Å². The summed E-state index contributed by atoms with van der Waals surface area (Å²) in [6, 6.07) is 7.57. The molecule has 3 aromatic rings. The third-order valence-corrected chi connectivity index (χ3v) is 9.79. The maximum Gasteiger partial charge on any atom is 0.252 e. The van der Waals surface area contributed by atoms with Crippen LogP contribution in [0.5, 0.6) is 0 Å². The summed E-state index contributed by atoms with van der Waals surface area (Å²) < 4.78 is 30.4. The number of thiophene rings is 1. The lowest BCUT2D eigenvalue weighted by Crippen LogP contribution is -2.42. The molecule has 0 N–H and O–H groups in total. The lowest BCUT2D eigenvalue weighted by atomic mass is 9.99. The molecule has 9 heteroatoms. The van der Waals surface area contributed by atoms with Gasteiger partial charge in [0, 0.05) is 20.1 Å². The number of piperidine rings is 1. The van der Waals surface area contributed by atoms with Crippen LogP contribution in [0.25, 0.3) is 10.2 Å². The van der Waals surface area contributed by atoms with Crippen LogP contribution >= 0.6 is 22.7 Å². The van der Waals surface area contributed by atoms with E-state index in [2.05, 4.69) is 31.0 Å². The Balaban J connectivity index is 1.62. The lowest BCUT2D eigenvalue weighted by molar-refractivity contribution is -0.122. The Labute approximate surface area is 178 Å². The van der Waals surface area contributed by atoms with Crippen LogP contribution in [0, 0.1) is 19.8 Å². The quantitative estimate of drug-likeness (QED) is 0.615. The van der Waals surface area contributed by atoms with Crippen molar-refractivity contribution in [2.75, 3.05) is 13.1 Å². The largest absolute Gasteiger partial charge is 0.319 e. The van der Waals surface area contributed by atoms with Gasteiger partial charge in [0.2, 0.25) is 0 Å². The Morgan fingerprint density at radius 3 is 2.72 bits per heavy atom. The van der Waals surface area contributed by atoms with Crippen LogP contribution in [-0.2, 0) is 21.9 Å². The van der Waals surface area contributed by atoms with Crippen LogP contribution in [0.3, 0.4) is 0 Å². The van der Waals surface area contributed by atoms with Crippen molar-refractivity contribution >= 4 is 48.8 Å². The number of nitrogens with zero attached hydrogens (tertiary/aromatic N) is 3. The summed E-state index contributed by atoms with van der Waals surface area (Å²) in [6.07, 6.45) is 1.32. The minimum absolute atomic E-state index is 0.190. The maximum atomic E-state index is 12.9. The number of carbonyl (C=O) groups is 1. The van der Waals surface area contributed by atoms with Crippen molar-refractivity contribution in [3.05, 3.63) is 45.6 Å². The van der Waals surface area contributed by atoms with Gasteiger partial charge in [0.25, 0.3) is 15.9 Å². The average molecular weight is 450 g/mol. The molecule has 3 heterocycles. The first kappa shape index (κ1) is 20.5. The Hall–Kier alpha value is -1.81. The molecule has 1 aliphatic rings. The van der Waals surface area contributed by atoms with Gasteiger partial charge in [-0.25, -0.2) is 8.42 Å². The predicted octanol–water partition coefficient (Wildman–Crippen LogP) is 3.45. The van der Waals surface area contributed by atoms with Gasteiger partial charge in [-0.15, -0.1) is 11.3 Å². The highest BCUT2D eigenvalue weighted by Crippen LogP contribution is 2.27. The van der Waals surface area contributed by atoms with Crippen molar-refractivity contribution in [1.82, 2.24) is 8.87 Å². The first-order chi connectivity index (χ1) is 13.8. The summed E-state index contributed by atoms with van der Waals surface area (Å²) in [5.41, 5.74) is 3.46. The van der Waals surface area contributed by atoms with Crippen LogP contribution in [0.4, 0.5) is 0 Å². The molecular weight excluding hydrogens is 426 g/mol. The van der Waals surface area contributed by atoms with E-state index in [1.807, 2.05) is 11.6 Å². The standard InChI is InChI=1S/C20H23N3O3S3/c1-13-10-16-17(11-14(13)2)28-20(22(16)3)21-19(24)15-6-4-8-23(12-15)29(25,26)18-7-5-9-27-18/h5,7,9-11,15H,4,6,8,12H2,1-3H3. The number of aromatic nitrogens is 1. The van der Waals surface area contributed by atoms with E-state index in [9.17, 15) is 13.2 Å². The van der Waals surface area contributed by atoms with Crippen molar-refractivity contribution in [1.29, 1.82) is 0 Å². The van der Waals surface area contributed by atoms with E-state index < -0.39 is 15.9 Å². The number of amides is 1. The van der Waals surface area contributed by atoms with E-state index in [0.717, 1.165) is 10.2 Å². The second-order valence-corrected chi connectivity index (χ2v) is 11.6. The minimum Gasteiger partial charge on any atom is -0.319 e. The minimum atomic E-state index is -3.54. The fourth-order valence-electron chi connectivity index (χ4n) is 3.57. The second-order valence-electron chi connectivity index (χ2n) is 7.43. The third-order valence-electron chi connectivity index (χ3n) is 5.45. The summed E-state index contributed by atoms with van der Waals surface area (Å²) in [4.78, 5) is 17.9. The SMILES string of the molecule is Cc1cc2sc(=NC(=O)C3CCCN(S(=O)(=O)c4cccs4)C3)n(C)c2cc1C. The summed E-state index contributed by atoms with van der Waals surface area (Å²) in [6.45, 7) is 4.77. The average Bonchev–Trinajstić information content (AvgIpc) is 3.33. The topological polar surface area (TPSA) is 71.7 Å². The summed E-state index contributed by atoms with van der Waals surface area (Å²) >= 11 is 2.69. The van der Waals surface area contributed by atoms with Crippen LogP contribution in [0.1, 0.15) is 24.0 Å². The van der Waals surface area contributed by atoms with E-state index in [0.29, 0.717) is 28.4 Å². The van der Waals surface area contributed by atoms with Crippen LogP contribution in [0.2, 0.25) is 0 Å². The Morgan fingerprint density at radius 1 is 1.24 bits per heavy atom. The number of aryl methyl sites for hydroxylation is 3. The number of rotatable bonds is 3. The zero-order valence-corrected chi connectivity index (χ0v) is 19.0. The fraction of sp³-hybridized carbons (Fsp3) is 0.400. The summed E-state index contributed by atoms with van der Waals surface area (Å²) in [5, 5.41) is 1.75. The highest BCUT2D eigenvalue weighted by atomic mass is 32.2. The van der Waals surface area contributed by atoms with Gasteiger partial charge in [0.05, 0.1) is 16.1 Å². The van der Waals surface area contributed by atoms with Crippen molar-refractivity contribution in [3.63, 3.8) is 0 Å². The maximum absolute atomic E-state index is 12.9. The molecule has 154 valence electrons. The van der Waals surface area contributed by atoms with Gasteiger partial charge >= 0.3 is 0 Å². The molecule has 0 bridgehead atoms. The van der Waals surface area contributed by atoms with Crippen molar-refractivity contribution in [3.8, 4) is 0 Å². The highest BCUT2D eigenvalue weighted by molar-refractivity contribution is 7.91. The van der Waals surface area contributed by atoms with Gasteiger partial charge in [0.15, 0.2) is 4.80 Å². The zero-order valence-electron chi connectivity index (χ0n) is 16.6. The molecule has 1 aromatic carbocycles. The lowest BCUT2D eigenvalue weighted by Gasteiger charge is -2.29. The number of carbonyl (C=O) groups excluding carboxylic acids is 1. The van der Waals surface area contributed by atoms with E-state index in [-0.39, 0.29) is 12.5 Å². The van der Waals surface area contributed by atoms with E-state index in [1.165, 1.54) is 38.1 Å². The number of hydrogen-bond acceptors (Lipinski definition) is 5. The van der Waals surface area contributed by atoms with Gasteiger partial charge < -0.3 is 4.57 Å². The molecule has 0 spiro atoms. The van der Waals surface area contributed by atoms with Crippen molar-refractivity contribution < 1.29 is 13.2 Å². The summed E-state index contributed by atoms with van der Waals surface area (Å²) in [5.74, 6) is -0.654. The molecule has 1 aliphatic heterocycles. The number of hydrogen-bond donors (Lipinski definition) is 0. The fourth-order valence-corrected chi connectivity index (χ4v) is 7.34. The monoisotopic (exact) mass is 449 g/mol. The van der Waals surface area contributed by atoms with Gasteiger partial charge in [-0.2, -0.15) is 9.30 Å². The Morgan fingerprint density at radius 2 is 2.00 bits per heavy atom. The van der Waals surface area contributed by atoms with E-state index in [4.69, 9.17) is 0 Å². The number of thiazole rings is 1. The number of benzene rings is 1. The molecule has 29 heavy (non-hydrogen) atoms. The molecule has 1 amide bonds. The highest BCUT2D eigenvalue weighted by Gasteiger charge is 2.33. The first-order valence-electron chi connectivity index (χ1n) is 9.46. The Kier molecular flexibility index (Phi) is 5.50. The van der Waals surface area contributed by atoms with Crippen molar-refractivity contribution in [2.24, 2.45) is 18.0 Å². The van der Waals surface area contributed by atoms with E-state index in [1.54, 1.807) is 17.5 Å². The molecule has 0 saturated carbocycles. The van der Waals surface area contributed by atoms with Crippen LogP contribution < -0.4 is 4.80 Å². The molecule has 1 unspecified atom stereocenters. The molecule has 2 aromatic heterocycles. The van der Waals surface area contributed by atoms with Crippen LogP contribution in [-0.4, -0.2) is 36.3 Å². The molecule has 1 saturated heterocycles. The predicted molar refractivity (Wildman–Crippen MR) is 117 cm³/mol. The molecule has 6 nitrogen and oxygen atoms in total. The van der Waals surface area contributed by atoms with Crippen LogP contribution in [0.15, 0.2) is 38.8 Å². The third kappa shape index (κ3) is 3.84. The molecule has 1 fully saturated rings.